The van der Waals surface area contributed by atoms with E-state index < -0.39 is 11.8 Å². The van der Waals surface area contributed by atoms with Gasteiger partial charge in [0.25, 0.3) is 0 Å². The van der Waals surface area contributed by atoms with Crippen molar-refractivity contribution in [3.05, 3.63) is 52.4 Å². The van der Waals surface area contributed by atoms with Crippen LogP contribution in [0, 0.1) is 10.5 Å². The molecule has 0 atom stereocenters. The lowest BCUT2D eigenvalue weighted by Crippen LogP contribution is -2.10. The van der Waals surface area contributed by atoms with Crippen LogP contribution < -0.4 is 0 Å². The Kier molecular flexibility index (Phi) is 4.29. The monoisotopic (exact) mass is 291 g/mol. The van der Waals surface area contributed by atoms with Gasteiger partial charge < -0.3 is 9.72 Å². The molecule has 1 aromatic carbocycles. The van der Waals surface area contributed by atoms with E-state index in [2.05, 4.69) is 11.6 Å². The molecule has 2 aromatic rings. The van der Waals surface area contributed by atoms with E-state index in [-0.39, 0.29) is 6.61 Å². The molecule has 0 amide bonds. The van der Waals surface area contributed by atoms with Crippen LogP contribution in [0.2, 0.25) is 0 Å². The number of ether oxygens (including phenoxy) is 1. The summed E-state index contributed by atoms with van der Waals surface area (Å²) in [6.07, 6.45) is 2.04. The van der Waals surface area contributed by atoms with Gasteiger partial charge in [0.2, 0.25) is 0 Å². The number of aromatic nitrogens is 1. The molecule has 0 spiro atoms. The smallest absolute Gasteiger partial charge is 0.339 e. The average molecular weight is 291 g/mol. The molecule has 0 aliphatic carbocycles. The number of carbonyl (C=O) groups is 1. The third-order valence-electron chi connectivity index (χ3n) is 2.96. The molecule has 5 heteroatoms. The highest BCUT2D eigenvalue weighted by atomic mass is 32.1. The molecule has 0 bridgehead atoms. The summed E-state index contributed by atoms with van der Waals surface area (Å²) in [4.78, 5) is 15.2. The highest BCUT2D eigenvalue weighted by Gasteiger charge is 2.18. The molecule has 20 heavy (non-hydrogen) atoms. The van der Waals surface area contributed by atoms with Crippen LogP contribution in [0.4, 0.5) is 4.39 Å². The van der Waals surface area contributed by atoms with E-state index in [1.165, 1.54) is 18.2 Å². The van der Waals surface area contributed by atoms with Crippen molar-refractivity contribution in [2.75, 3.05) is 6.61 Å². The van der Waals surface area contributed by atoms with E-state index in [1.807, 2.05) is 6.92 Å². The zero-order chi connectivity index (χ0) is 14.7. The predicted octanol–water partition coefficient (Wildman–Crippen LogP) is 3.94. The predicted molar refractivity (Wildman–Crippen MR) is 78.9 cm³/mol. The number of carbonyl (C=O) groups excluding carboxylic acids is 1. The number of H-pyrrole nitrogens is 1. The van der Waals surface area contributed by atoms with Gasteiger partial charge in [0, 0.05) is 16.5 Å². The molecular weight excluding hydrogens is 277 g/mol. The molecule has 1 heterocycles. The molecule has 0 saturated heterocycles. The molecule has 3 nitrogen and oxygen atoms in total. The minimum absolute atomic E-state index is 0.101. The van der Waals surface area contributed by atoms with E-state index in [1.54, 1.807) is 6.07 Å². The summed E-state index contributed by atoms with van der Waals surface area (Å²) in [7, 11) is 0. The maximum Gasteiger partial charge on any atom is 0.339 e. The van der Waals surface area contributed by atoms with E-state index in [4.69, 9.17) is 17.0 Å². The van der Waals surface area contributed by atoms with Crippen LogP contribution in [0.25, 0.3) is 10.9 Å². The van der Waals surface area contributed by atoms with Crippen molar-refractivity contribution in [3.8, 4) is 0 Å². The Labute approximate surface area is 121 Å². The third-order valence-corrected chi connectivity index (χ3v) is 3.31. The van der Waals surface area contributed by atoms with Gasteiger partial charge in [-0.15, -0.1) is 0 Å². The number of nitrogens with one attached hydrogen (secondary N) is 1. The van der Waals surface area contributed by atoms with Crippen molar-refractivity contribution in [2.24, 2.45) is 0 Å². The minimum atomic E-state index is -0.516. The molecular formula is C15H14FNO2S. The van der Waals surface area contributed by atoms with Gasteiger partial charge in [0.05, 0.1) is 5.56 Å². The first kappa shape index (κ1) is 14.4. The summed E-state index contributed by atoms with van der Waals surface area (Å²) in [6, 6.07) is 4.19. The number of halogens is 1. The molecule has 0 fully saturated rings. The van der Waals surface area contributed by atoms with Crippen molar-refractivity contribution >= 4 is 29.1 Å². The van der Waals surface area contributed by atoms with E-state index in [0.717, 1.165) is 0 Å². The normalized spacial score (nSPS) is 10.5. The fraction of sp³-hybridized carbons (Fsp3) is 0.200. The Morgan fingerprint density at radius 1 is 1.55 bits per heavy atom. The highest BCUT2D eigenvalue weighted by molar-refractivity contribution is 7.71. The fourth-order valence-electron chi connectivity index (χ4n) is 2.08. The quantitative estimate of drug-likeness (QED) is 0.527. The van der Waals surface area contributed by atoms with Crippen molar-refractivity contribution in [2.45, 2.75) is 13.3 Å². The molecule has 0 unspecified atom stereocenters. The standard InChI is InChI=1S/C15H14FNO2S/c1-3-7-19-15(18)13-10(4-2)14(20)17-12-6-5-9(16)8-11(12)13/h3,5-6,8H,1,4,7H2,2H3,(H,17,20). The van der Waals surface area contributed by atoms with Gasteiger partial charge in [-0.2, -0.15) is 0 Å². The first-order chi connectivity index (χ1) is 9.58. The Balaban J connectivity index is 2.75. The summed E-state index contributed by atoms with van der Waals surface area (Å²) in [5.74, 6) is -0.930. The molecule has 2 rings (SSSR count). The number of benzene rings is 1. The summed E-state index contributed by atoms with van der Waals surface area (Å²) in [5, 5.41) is 0.476. The Hall–Kier alpha value is -2.01. The second kappa shape index (κ2) is 5.96. The van der Waals surface area contributed by atoms with Crippen LogP contribution in [0.15, 0.2) is 30.9 Å². The third kappa shape index (κ3) is 2.63. The first-order valence-corrected chi connectivity index (χ1v) is 6.61. The van der Waals surface area contributed by atoms with Crippen LogP contribution in [0.1, 0.15) is 22.8 Å². The second-order valence-corrected chi connectivity index (χ2v) is 4.65. The number of hydrogen-bond donors (Lipinski definition) is 1. The highest BCUT2D eigenvalue weighted by Crippen LogP contribution is 2.24. The maximum atomic E-state index is 13.5. The molecule has 0 aliphatic rings. The summed E-state index contributed by atoms with van der Waals surface area (Å²) < 4.78 is 19.0. The second-order valence-electron chi connectivity index (χ2n) is 4.24. The van der Waals surface area contributed by atoms with Crippen LogP contribution in [-0.2, 0) is 11.2 Å². The fourth-order valence-corrected chi connectivity index (χ4v) is 2.44. The summed E-state index contributed by atoms with van der Waals surface area (Å²) in [6.45, 7) is 5.48. The number of pyridine rings is 1. The SMILES string of the molecule is C=CCOC(=O)c1c(CC)c(=S)[nH]c2ccc(F)cc12. The van der Waals surface area contributed by atoms with Gasteiger partial charge in [0.1, 0.15) is 17.1 Å². The van der Waals surface area contributed by atoms with E-state index >= 15 is 0 Å². The lowest BCUT2D eigenvalue weighted by molar-refractivity contribution is 0.0550. The lowest BCUT2D eigenvalue weighted by atomic mass is 10.0. The van der Waals surface area contributed by atoms with Crippen LogP contribution >= 0.6 is 12.2 Å². The van der Waals surface area contributed by atoms with Gasteiger partial charge in [-0.1, -0.05) is 31.8 Å². The molecule has 0 saturated carbocycles. The van der Waals surface area contributed by atoms with Crippen LogP contribution in [0.3, 0.4) is 0 Å². The number of hydrogen-bond acceptors (Lipinski definition) is 3. The molecule has 104 valence electrons. The largest absolute Gasteiger partial charge is 0.458 e. The van der Waals surface area contributed by atoms with Gasteiger partial charge in [-0.3, -0.25) is 0 Å². The van der Waals surface area contributed by atoms with Crippen molar-refractivity contribution in [1.29, 1.82) is 0 Å². The zero-order valence-corrected chi connectivity index (χ0v) is 11.8. The van der Waals surface area contributed by atoms with Gasteiger partial charge >= 0.3 is 5.97 Å². The topological polar surface area (TPSA) is 42.1 Å². The van der Waals surface area contributed by atoms with Crippen LogP contribution in [0.5, 0.6) is 0 Å². The number of aromatic amines is 1. The van der Waals surface area contributed by atoms with Crippen molar-refractivity contribution < 1.29 is 13.9 Å². The summed E-state index contributed by atoms with van der Waals surface area (Å²) in [5.41, 5.74) is 1.60. The average Bonchev–Trinajstić information content (AvgIpc) is 2.43. The van der Waals surface area contributed by atoms with Gasteiger partial charge in [0.15, 0.2) is 0 Å². The van der Waals surface area contributed by atoms with Crippen molar-refractivity contribution in [1.82, 2.24) is 4.98 Å². The zero-order valence-electron chi connectivity index (χ0n) is 11.0. The lowest BCUT2D eigenvalue weighted by Gasteiger charge is -2.11. The minimum Gasteiger partial charge on any atom is -0.458 e. The maximum absolute atomic E-state index is 13.5. The first-order valence-electron chi connectivity index (χ1n) is 6.21. The Morgan fingerprint density at radius 2 is 2.30 bits per heavy atom. The van der Waals surface area contributed by atoms with Gasteiger partial charge in [-0.05, 0) is 24.6 Å². The number of fused-ring (bicyclic) bond motifs is 1. The summed E-state index contributed by atoms with van der Waals surface area (Å²) >= 11 is 5.25. The van der Waals surface area contributed by atoms with Crippen molar-refractivity contribution in [3.63, 3.8) is 0 Å². The molecule has 1 N–H and O–H groups in total. The molecule has 0 aliphatic heterocycles. The number of rotatable bonds is 4. The Morgan fingerprint density at radius 3 is 2.95 bits per heavy atom. The van der Waals surface area contributed by atoms with E-state index in [0.29, 0.717) is 33.1 Å². The number of esters is 1. The molecule has 0 radical (unpaired) electrons. The van der Waals surface area contributed by atoms with Gasteiger partial charge in [-0.25, -0.2) is 9.18 Å². The molecule has 1 aromatic heterocycles. The Bertz CT molecular complexity index is 736. The van der Waals surface area contributed by atoms with Crippen LogP contribution in [-0.4, -0.2) is 17.6 Å². The van der Waals surface area contributed by atoms with E-state index in [9.17, 15) is 9.18 Å².